The van der Waals surface area contributed by atoms with Gasteiger partial charge in [-0.15, -0.1) is 0 Å². The Labute approximate surface area is 111 Å². The summed E-state index contributed by atoms with van der Waals surface area (Å²) in [6.45, 7) is 0.619. The van der Waals surface area contributed by atoms with E-state index in [-0.39, 0.29) is 5.82 Å². The van der Waals surface area contributed by atoms with Gasteiger partial charge in [0.2, 0.25) is 0 Å². The van der Waals surface area contributed by atoms with E-state index in [1.54, 1.807) is 12.1 Å². The maximum atomic E-state index is 13.7. The first-order chi connectivity index (χ1) is 9.34. The van der Waals surface area contributed by atoms with Crippen LogP contribution in [0, 0.1) is 5.82 Å². The molecule has 1 N–H and O–H groups in total. The Morgan fingerprint density at radius 1 is 1.05 bits per heavy atom. The molecule has 0 spiro atoms. The first-order valence-electron chi connectivity index (χ1n) is 6.20. The summed E-state index contributed by atoms with van der Waals surface area (Å²) in [6, 6.07) is 16.8. The lowest BCUT2D eigenvalue weighted by atomic mass is 10.1. The van der Waals surface area contributed by atoms with E-state index in [0.29, 0.717) is 18.7 Å². The van der Waals surface area contributed by atoms with E-state index >= 15 is 0 Å². The molecule has 0 unspecified atom stereocenters. The van der Waals surface area contributed by atoms with Crippen LogP contribution < -0.4 is 10.3 Å². The number of benzene rings is 2. The highest BCUT2D eigenvalue weighted by Gasteiger charge is 2.19. The van der Waals surface area contributed by atoms with Crippen molar-refractivity contribution in [1.29, 1.82) is 0 Å². The van der Waals surface area contributed by atoms with Crippen LogP contribution in [0.3, 0.4) is 0 Å². The normalized spacial score (nSPS) is 14.2. The Morgan fingerprint density at radius 2 is 1.79 bits per heavy atom. The maximum absolute atomic E-state index is 13.7. The molecule has 1 aliphatic heterocycles. The van der Waals surface area contributed by atoms with Crippen molar-refractivity contribution >= 4 is 11.5 Å². The number of rotatable bonds is 3. The van der Waals surface area contributed by atoms with Gasteiger partial charge in [-0.3, -0.25) is 5.43 Å². The van der Waals surface area contributed by atoms with Crippen molar-refractivity contribution in [2.24, 2.45) is 5.10 Å². The molecule has 3 rings (SSSR count). The Kier molecular flexibility index (Phi) is 3.14. The molecule has 0 amide bonds. The number of hydrogen-bond acceptors (Lipinski definition) is 3. The third-order valence-electron chi connectivity index (χ3n) is 3.12. The van der Waals surface area contributed by atoms with Gasteiger partial charge < -0.3 is 4.90 Å². The van der Waals surface area contributed by atoms with Gasteiger partial charge in [0.15, 0.2) is 0 Å². The number of hydrazone groups is 1. The fraction of sp³-hybridized carbons (Fsp3) is 0.133. The second-order valence-electron chi connectivity index (χ2n) is 4.38. The van der Waals surface area contributed by atoms with Crippen LogP contribution in [0.1, 0.15) is 5.56 Å². The van der Waals surface area contributed by atoms with E-state index in [2.05, 4.69) is 10.5 Å². The molecule has 0 aliphatic carbocycles. The largest absolute Gasteiger partial charge is 0.309 e. The minimum atomic E-state index is -0.190. The first-order valence-corrected chi connectivity index (χ1v) is 6.20. The lowest BCUT2D eigenvalue weighted by Crippen LogP contribution is -2.30. The summed E-state index contributed by atoms with van der Waals surface area (Å²) in [4.78, 5) is 2.05. The molecular weight excluding hydrogens is 241 g/mol. The minimum absolute atomic E-state index is 0.190. The Balaban J connectivity index is 1.83. The monoisotopic (exact) mass is 255 g/mol. The maximum Gasteiger partial charge on any atom is 0.135 e. The summed E-state index contributed by atoms with van der Waals surface area (Å²) >= 11 is 0. The summed E-state index contributed by atoms with van der Waals surface area (Å²) in [7, 11) is 0. The molecule has 0 saturated heterocycles. The van der Waals surface area contributed by atoms with Crippen LogP contribution in [0.25, 0.3) is 0 Å². The van der Waals surface area contributed by atoms with E-state index in [0.717, 1.165) is 11.5 Å². The molecule has 1 heterocycles. The zero-order chi connectivity index (χ0) is 13.1. The average molecular weight is 255 g/mol. The summed E-state index contributed by atoms with van der Waals surface area (Å²) in [5.41, 5.74) is 4.67. The number of nitrogens with zero attached hydrogens (tertiary/aromatic N) is 2. The van der Waals surface area contributed by atoms with Crippen molar-refractivity contribution in [3.8, 4) is 0 Å². The Morgan fingerprint density at radius 3 is 2.58 bits per heavy atom. The second kappa shape index (κ2) is 5.10. The third-order valence-corrected chi connectivity index (χ3v) is 3.12. The van der Waals surface area contributed by atoms with Crippen molar-refractivity contribution in [2.45, 2.75) is 6.42 Å². The Hall–Kier alpha value is -2.36. The molecule has 0 fully saturated rings. The van der Waals surface area contributed by atoms with E-state index in [4.69, 9.17) is 0 Å². The number of hydrogen-bond donors (Lipinski definition) is 1. The van der Waals surface area contributed by atoms with Crippen molar-refractivity contribution in [3.05, 3.63) is 66.0 Å². The number of amidine groups is 1. The third kappa shape index (κ3) is 2.42. The fourth-order valence-electron chi connectivity index (χ4n) is 2.14. The number of halogens is 1. The van der Waals surface area contributed by atoms with Gasteiger partial charge >= 0.3 is 0 Å². The zero-order valence-electron chi connectivity index (χ0n) is 10.4. The number of para-hydroxylation sites is 1. The predicted octanol–water partition coefficient (Wildman–Crippen LogP) is 2.75. The van der Waals surface area contributed by atoms with Crippen LogP contribution in [0.15, 0.2) is 59.7 Å². The number of nitrogens with one attached hydrogen (secondary N) is 1. The van der Waals surface area contributed by atoms with Gasteiger partial charge in [-0.25, -0.2) is 4.39 Å². The predicted molar refractivity (Wildman–Crippen MR) is 74.5 cm³/mol. The van der Waals surface area contributed by atoms with Gasteiger partial charge in [0, 0.05) is 12.1 Å². The summed E-state index contributed by atoms with van der Waals surface area (Å²) in [5, 5.41) is 4.26. The molecule has 2 aromatic rings. The SMILES string of the molecule is Fc1ccccc1CC1=NNCN1c1ccccc1. The highest BCUT2D eigenvalue weighted by molar-refractivity contribution is 6.00. The van der Waals surface area contributed by atoms with E-state index in [1.165, 1.54) is 6.07 Å². The van der Waals surface area contributed by atoms with Crippen LogP contribution in [0.5, 0.6) is 0 Å². The molecule has 0 saturated carbocycles. The molecule has 2 aromatic carbocycles. The van der Waals surface area contributed by atoms with Crippen LogP contribution in [0.4, 0.5) is 10.1 Å². The molecule has 4 heteroatoms. The standard InChI is InChI=1S/C15H14FN3/c16-14-9-5-4-6-12(14)10-15-18-17-11-19(15)13-7-2-1-3-8-13/h1-9,17H,10-11H2. The van der Waals surface area contributed by atoms with Crippen LogP contribution in [-0.2, 0) is 6.42 Å². The smallest absolute Gasteiger partial charge is 0.135 e. The molecule has 3 nitrogen and oxygen atoms in total. The van der Waals surface area contributed by atoms with E-state index < -0.39 is 0 Å². The van der Waals surface area contributed by atoms with Gasteiger partial charge in [0.25, 0.3) is 0 Å². The van der Waals surface area contributed by atoms with Crippen molar-refractivity contribution in [3.63, 3.8) is 0 Å². The minimum Gasteiger partial charge on any atom is -0.309 e. The summed E-state index contributed by atoms with van der Waals surface area (Å²) < 4.78 is 13.7. The van der Waals surface area contributed by atoms with Crippen LogP contribution in [0.2, 0.25) is 0 Å². The van der Waals surface area contributed by atoms with Crippen LogP contribution >= 0.6 is 0 Å². The van der Waals surface area contributed by atoms with Crippen molar-refractivity contribution in [1.82, 2.24) is 5.43 Å². The van der Waals surface area contributed by atoms with Gasteiger partial charge in [-0.2, -0.15) is 5.10 Å². The van der Waals surface area contributed by atoms with Crippen molar-refractivity contribution < 1.29 is 4.39 Å². The van der Waals surface area contributed by atoms with Gasteiger partial charge in [0.1, 0.15) is 18.3 Å². The van der Waals surface area contributed by atoms with Crippen molar-refractivity contribution in [2.75, 3.05) is 11.6 Å². The average Bonchev–Trinajstić information content (AvgIpc) is 2.91. The molecular formula is C15H14FN3. The lowest BCUT2D eigenvalue weighted by Gasteiger charge is -2.19. The topological polar surface area (TPSA) is 27.6 Å². The van der Waals surface area contributed by atoms with E-state index in [9.17, 15) is 4.39 Å². The fourth-order valence-corrected chi connectivity index (χ4v) is 2.14. The molecule has 0 aromatic heterocycles. The number of anilines is 1. The highest BCUT2D eigenvalue weighted by Crippen LogP contribution is 2.18. The van der Waals surface area contributed by atoms with E-state index in [1.807, 2.05) is 41.3 Å². The molecule has 0 bridgehead atoms. The zero-order valence-corrected chi connectivity index (χ0v) is 10.4. The summed E-state index contributed by atoms with van der Waals surface area (Å²) in [5.74, 6) is 0.640. The second-order valence-corrected chi connectivity index (χ2v) is 4.38. The molecule has 96 valence electrons. The highest BCUT2D eigenvalue weighted by atomic mass is 19.1. The lowest BCUT2D eigenvalue weighted by molar-refractivity contribution is 0.616. The van der Waals surface area contributed by atoms with Gasteiger partial charge in [0.05, 0.1) is 0 Å². The van der Waals surface area contributed by atoms with Gasteiger partial charge in [-0.05, 0) is 23.8 Å². The Bertz CT molecular complexity index is 595. The molecule has 0 atom stereocenters. The molecule has 0 radical (unpaired) electrons. The summed E-state index contributed by atoms with van der Waals surface area (Å²) in [6.07, 6.45) is 0.481. The molecule has 19 heavy (non-hydrogen) atoms. The first kappa shape index (κ1) is 11.7. The van der Waals surface area contributed by atoms with Gasteiger partial charge in [-0.1, -0.05) is 36.4 Å². The van der Waals surface area contributed by atoms with Crippen LogP contribution in [-0.4, -0.2) is 12.5 Å². The molecule has 1 aliphatic rings. The quantitative estimate of drug-likeness (QED) is 0.913.